The number of aromatic nitrogens is 2. The first kappa shape index (κ1) is 17.0. The van der Waals surface area contributed by atoms with Gasteiger partial charge in [-0.1, -0.05) is 23.2 Å². The fourth-order valence-electron chi connectivity index (χ4n) is 3.06. The number of hydrogen-bond donors (Lipinski definition) is 0. The highest BCUT2D eigenvalue weighted by Crippen LogP contribution is 2.24. The van der Waals surface area contributed by atoms with E-state index >= 15 is 0 Å². The van der Waals surface area contributed by atoms with E-state index in [2.05, 4.69) is 4.98 Å². The number of nitrogens with zero attached hydrogens (tertiary/aromatic N) is 3. The topological polar surface area (TPSA) is 54.7 Å². The molecule has 0 N–H and O–H groups in total. The van der Waals surface area contributed by atoms with Crippen molar-refractivity contribution in [2.24, 2.45) is 0 Å². The lowest BCUT2D eigenvalue weighted by molar-refractivity contribution is 0.0732. The lowest BCUT2D eigenvalue weighted by atomic mass is 10.1. The Morgan fingerprint density at radius 3 is 2.73 bits per heavy atom. The van der Waals surface area contributed by atoms with Crippen LogP contribution in [0.5, 0.6) is 0 Å². The number of halogens is 3. The van der Waals surface area contributed by atoms with Gasteiger partial charge < -0.3 is 4.90 Å². The van der Waals surface area contributed by atoms with Gasteiger partial charge >= 0.3 is 0 Å². The molecule has 3 aromatic rings. The maximum Gasteiger partial charge on any atom is 0.263 e. The third kappa shape index (κ3) is 2.85. The van der Waals surface area contributed by atoms with Crippen molar-refractivity contribution >= 4 is 34.8 Å². The van der Waals surface area contributed by atoms with E-state index in [0.29, 0.717) is 40.5 Å². The summed E-state index contributed by atoms with van der Waals surface area (Å²) in [5, 5.41) is 0.654. The molecule has 26 heavy (non-hydrogen) atoms. The Kier molecular flexibility index (Phi) is 4.17. The first-order valence-corrected chi connectivity index (χ1v) is 8.63. The summed E-state index contributed by atoms with van der Waals surface area (Å²) >= 11 is 11.9. The molecule has 4 rings (SSSR count). The van der Waals surface area contributed by atoms with Crippen LogP contribution in [-0.4, -0.2) is 26.7 Å². The van der Waals surface area contributed by atoms with Gasteiger partial charge in [0.15, 0.2) is 0 Å². The first-order valence-electron chi connectivity index (χ1n) is 7.88. The third-order valence-corrected chi connectivity index (χ3v) is 5.13. The van der Waals surface area contributed by atoms with E-state index in [4.69, 9.17) is 23.2 Å². The highest BCUT2D eigenvalue weighted by molar-refractivity contribution is 6.42. The molecule has 1 aliphatic heterocycles. The van der Waals surface area contributed by atoms with Gasteiger partial charge in [-0.2, -0.15) is 0 Å². The molecule has 0 saturated carbocycles. The van der Waals surface area contributed by atoms with Gasteiger partial charge in [-0.3, -0.25) is 14.0 Å². The zero-order chi connectivity index (χ0) is 18.4. The molecule has 0 aliphatic carbocycles. The van der Waals surface area contributed by atoms with Crippen LogP contribution in [0.25, 0.3) is 5.65 Å². The highest BCUT2D eigenvalue weighted by Gasteiger charge is 2.26. The summed E-state index contributed by atoms with van der Waals surface area (Å²) in [6.45, 7) is 0.537. The van der Waals surface area contributed by atoms with Crippen LogP contribution >= 0.6 is 23.2 Å². The van der Waals surface area contributed by atoms with Gasteiger partial charge in [-0.15, -0.1) is 0 Å². The zero-order valence-corrected chi connectivity index (χ0v) is 14.9. The van der Waals surface area contributed by atoms with E-state index in [1.165, 1.54) is 22.6 Å². The van der Waals surface area contributed by atoms with Gasteiger partial charge in [0.25, 0.3) is 11.5 Å². The Morgan fingerprint density at radius 2 is 1.96 bits per heavy atom. The van der Waals surface area contributed by atoms with Crippen LogP contribution < -0.4 is 5.56 Å². The highest BCUT2D eigenvalue weighted by atomic mass is 35.5. The minimum Gasteiger partial charge on any atom is -0.334 e. The minimum atomic E-state index is -0.527. The number of rotatable bonds is 1. The molecular formula is C18H12Cl2FN3O2. The van der Waals surface area contributed by atoms with E-state index in [1.54, 1.807) is 17.0 Å². The Bertz CT molecular complexity index is 1110. The molecule has 0 saturated heterocycles. The fraction of sp³-hybridized carbons (Fsp3) is 0.167. The van der Waals surface area contributed by atoms with E-state index < -0.39 is 5.82 Å². The second kappa shape index (κ2) is 6.37. The molecule has 3 heterocycles. The van der Waals surface area contributed by atoms with E-state index in [9.17, 15) is 14.0 Å². The average Bonchev–Trinajstić information content (AvgIpc) is 2.64. The summed E-state index contributed by atoms with van der Waals surface area (Å²) in [5.41, 5.74) is 1.45. The van der Waals surface area contributed by atoms with Crippen molar-refractivity contribution in [3.8, 4) is 0 Å². The van der Waals surface area contributed by atoms with Crippen LogP contribution in [-0.2, 0) is 13.0 Å². The van der Waals surface area contributed by atoms with E-state index in [1.807, 2.05) is 0 Å². The summed E-state index contributed by atoms with van der Waals surface area (Å²) in [7, 11) is 0. The molecule has 1 aliphatic rings. The molecule has 8 heteroatoms. The van der Waals surface area contributed by atoms with Gasteiger partial charge in [0.05, 0.1) is 27.8 Å². The van der Waals surface area contributed by atoms with Crippen molar-refractivity contribution in [2.75, 3.05) is 6.54 Å². The van der Waals surface area contributed by atoms with Crippen LogP contribution in [0.2, 0.25) is 10.0 Å². The second-order valence-electron chi connectivity index (χ2n) is 6.02. The standard InChI is InChI=1S/C18H12Cl2FN3O2/c19-13-3-1-10(7-14(13)20)17(25)23-6-5-15-12(9-23)18(26)24-8-11(21)2-4-16(24)22-15/h1-4,7-8H,5-6,9H2. The monoisotopic (exact) mass is 391 g/mol. The van der Waals surface area contributed by atoms with Gasteiger partial charge in [-0.25, -0.2) is 9.37 Å². The zero-order valence-electron chi connectivity index (χ0n) is 13.4. The molecule has 0 atom stereocenters. The predicted octanol–water partition coefficient (Wildman–Crippen LogP) is 3.34. The lowest BCUT2D eigenvalue weighted by Gasteiger charge is -2.28. The Morgan fingerprint density at radius 1 is 1.15 bits per heavy atom. The molecule has 0 radical (unpaired) electrons. The quantitative estimate of drug-likeness (QED) is 0.639. The Balaban J connectivity index is 1.72. The van der Waals surface area contributed by atoms with Crippen LogP contribution in [0.1, 0.15) is 21.6 Å². The first-order chi connectivity index (χ1) is 12.4. The number of amides is 1. The second-order valence-corrected chi connectivity index (χ2v) is 6.84. The van der Waals surface area contributed by atoms with Crippen LogP contribution in [0.4, 0.5) is 4.39 Å². The molecule has 0 bridgehead atoms. The summed E-state index contributed by atoms with van der Waals surface area (Å²) in [5.74, 6) is -0.779. The van der Waals surface area contributed by atoms with E-state index in [-0.39, 0.29) is 23.0 Å². The molecule has 132 valence electrons. The van der Waals surface area contributed by atoms with Crippen molar-refractivity contribution in [2.45, 2.75) is 13.0 Å². The minimum absolute atomic E-state index is 0.111. The van der Waals surface area contributed by atoms with Crippen LogP contribution in [0.3, 0.4) is 0 Å². The smallest absolute Gasteiger partial charge is 0.263 e. The largest absolute Gasteiger partial charge is 0.334 e. The van der Waals surface area contributed by atoms with Gasteiger partial charge in [0.1, 0.15) is 11.5 Å². The molecule has 5 nitrogen and oxygen atoms in total. The maximum absolute atomic E-state index is 13.5. The predicted molar refractivity (Wildman–Crippen MR) is 96.3 cm³/mol. The van der Waals surface area contributed by atoms with Crippen molar-refractivity contribution in [1.29, 1.82) is 0 Å². The van der Waals surface area contributed by atoms with Crippen LogP contribution in [0.15, 0.2) is 41.3 Å². The summed E-state index contributed by atoms with van der Waals surface area (Å²) in [4.78, 5) is 31.4. The third-order valence-electron chi connectivity index (χ3n) is 4.39. The number of benzene rings is 1. The number of pyridine rings is 1. The fourth-order valence-corrected chi connectivity index (χ4v) is 3.35. The van der Waals surface area contributed by atoms with Gasteiger partial charge in [0.2, 0.25) is 0 Å². The molecule has 0 fully saturated rings. The molecule has 0 unspecified atom stereocenters. The Labute approximate surface area is 157 Å². The van der Waals surface area contributed by atoms with Crippen molar-refractivity contribution in [3.63, 3.8) is 0 Å². The van der Waals surface area contributed by atoms with Gasteiger partial charge in [-0.05, 0) is 30.3 Å². The molecule has 0 spiro atoms. The van der Waals surface area contributed by atoms with Gasteiger partial charge in [0, 0.05) is 24.7 Å². The number of fused-ring (bicyclic) bond motifs is 2. The average molecular weight is 392 g/mol. The molecule has 1 aromatic carbocycles. The number of carbonyl (C=O) groups excluding carboxylic acids is 1. The number of hydrogen-bond acceptors (Lipinski definition) is 3. The molecular weight excluding hydrogens is 380 g/mol. The number of carbonyl (C=O) groups is 1. The lowest BCUT2D eigenvalue weighted by Crippen LogP contribution is -2.40. The maximum atomic E-state index is 13.5. The van der Waals surface area contributed by atoms with Crippen molar-refractivity contribution in [1.82, 2.24) is 14.3 Å². The SMILES string of the molecule is O=C(c1ccc(Cl)c(Cl)c1)N1CCc2nc3ccc(F)cn3c(=O)c2C1. The summed E-state index contributed by atoms with van der Waals surface area (Å²) < 4.78 is 14.6. The molecule has 1 amide bonds. The Hall–Kier alpha value is -2.44. The summed E-state index contributed by atoms with van der Waals surface area (Å²) in [6, 6.07) is 7.37. The van der Waals surface area contributed by atoms with E-state index in [0.717, 1.165) is 6.20 Å². The normalized spacial score (nSPS) is 13.7. The summed E-state index contributed by atoms with van der Waals surface area (Å²) in [6.07, 6.45) is 1.55. The van der Waals surface area contributed by atoms with Crippen molar-refractivity contribution < 1.29 is 9.18 Å². The molecule has 2 aromatic heterocycles. The van der Waals surface area contributed by atoms with Crippen LogP contribution in [0, 0.1) is 5.82 Å². The van der Waals surface area contributed by atoms with Crippen molar-refractivity contribution in [3.05, 3.63) is 79.6 Å².